The fraction of sp³-hybridized carbons (Fsp3) is 0.0833. The lowest BCUT2D eigenvalue weighted by Gasteiger charge is -2.03. The van der Waals surface area contributed by atoms with E-state index in [2.05, 4.69) is 10.3 Å². The molecule has 0 atom stereocenters. The molecule has 3 nitrogen and oxygen atoms in total. The van der Waals surface area contributed by atoms with Gasteiger partial charge in [-0.1, -0.05) is 6.07 Å². The van der Waals surface area contributed by atoms with Crippen LogP contribution >= 0.6 is 0 Å². The Morgan fingerprint density at radius 3 is 2.88 bits per heavy atom. The van der Waals surface area contributed by atoms with Crippen molar-refractivity contribution in [1.29, 1.82) is 0 Å². The summed E-state index contributed by atoms with van der Waals surface area (Å²) in [5, 5.41) is 2.69. The number of carbonyl (C=O) groups is 1. The average Bonchev–Trinajstić information content (AvgIpc) is 2.78. The number of hydrogen-bond acceptors (Lipinski definition) is 1. The van der Waals surface area contributed by atoms with E-state index in [1.165, 1.54) is 18.2 Å². The predicted molar refractivity (Wildman–Crippen MR) is 58.4 cm³/mol. The zero-order valence-electron chi connectivity index (χ0n) is 8.53. The van der Waals surface area contributed by atoms with Crippen molar-refractivity contribution in [2.24, 2.45) is 0 Å². The Morgan fingerprint density at radius 1 is 1.31 bits per heavy atom. The highest BCUT2D eigenvalue weighted by atomic mass is 19.1. The number of nitrogens with one attached hydrogen (secondary N) is 2. The summed E-state index contributed by atoms with van der Waals surface area (Å²) in [6, 6.07) is 9.33. The van der Waals surface area contributed by atoms with Gasteiger partial charge in [-0.3, -0.25) is 4.79 Å². The second-order valence-electron chi connectivity index (χ2n) is 3.39. The molecule has 0 unspecified atom stereocenters. The van der Waals surface area contributed by atoms with E-state index < -0.39 is 5.82 Å². The van der Waals surface area contributed by atoms with E-state index >= 15 is 0 Å². The van der Waals surface area contributed by atoms with Crippen molar-refractivity contribution in [1.82, 2.24) is 10.3 Å². The second-order valence-corrected chi connectivity index (χ2v) is 3.39. The molecule has 1 amide bonds. The highest BCUT2D eigenvalue weighted by molar-refractivity contribution is 5.94. The van der Waals surface area contributed by atoms with Gasteiger partial charge in [0.05, 0.1) is 6.54 Å². The van der Waals surface area contributed by atoms with Gasteiger partial charge in [0.25, 0.3) is 5.91 Å². The number of aromatic nitrogens is 1. The summed E-state index contributed by atoms with van der Waals surface area (Å²) < 4.78 is 12.9. The number of aromatic amines is 1. The van der Waals surface area contributed by atoms with Gasteiger partial charge in [0.1, 0.15) is 5.82 Å². The molecular formula is C12H11FN2O. The second kappa shape index (κ2) is 4.61. The largest absolute Gasteiger partial charge is 0.364 e. The minimum absolute atomic E-state index is 0.283. The van der Waals surface area contributed by atoms with Gasteiger partial charge >= 0.3 is 0 Å². The van der Waals surface area contributed by atoms with Crippen LogP contribution in [0.25, 0.3) is 0 Å². The lowest BCUT2D eigenvalue weighted by molar-refractivity contribution is 0.0950. The Bertz CT molecular complexity index is 480. The SMILES string of the molecule is O=C(NCc1ccc[nH]1)c1cccc(F)c1. The van der Waals surface area contributed by atoms with Crippen molar-refractivity contribution in [2.45, 2.75) is 6.54 Å². The highest BCUT2D eigenvalue weighted by Crippen LogP contribution is 2.03. The first-order valence-corrected chi connectivity index (χ1v) is 4.92. The van der Waals surface area contributed by atoms with E-state index in [9.17, 15) is 9.18 Å². The van der Waals surface area contributed by atoms with Gasteiger partial charge in [0.15, 0.2) is 0 Å². The molecule has 0 aliphatic heterocycles. The van der Waals surface area contributed by atoms with E-state index in [0.717, 1.165) is 5.69 Å². The Balaban J connectivity index is 1.98. The maximum Gasteiger partial charge on any atom is 0.251 e. The summed E-state index contributed by atoms with van der Waals surface area (Å²) in [6.45, 7) is 0.405. The number of hydrogen-bond donors (Lipinski definition) is 2. The molecule has 0 spiro atoms. The fourth-order valence-corrected chi connectivity index (χ4v) is 1.38. The summed E-state index contributed by atoms with van der Waals surface area (Å²) in [5.41, 5.74) is 1.23. The van der Waals surface area contributed by atoms with Crippen LogP contribution < -0.4 is 5.32 Å². The molecule has 0 saturated carbocycles. The molecule has 4 heteroatoms. The maximum absolute atomic E-state index is 12.9. The lowest BCUT2D eigenvalue weighted by Crippen LogP contribution is -2.22. The zero-order valence-corrected chi connectivity index (χ0v) is 8.53. The monoisotopic (exact) mass is 218 g/mol. The molecule has 0 saturated heterocycles. The Kier molecular flexibility index (Phi) is 3.00. The quantitative estimate of drug-likeness (QED) is 0.814. The van der Waals surface area contributed by atoms with E-state index in [1.807, 2.05) is 12.1 Å². The molecule has 2 N–H and O–H groups in total. The van der Waals surface area contributed by atoms with Gasteiger partial charge in [-0.2, -0.15) is 0 Å². The number of carbonyl (C=O) groups excluding carboxylic acids is 1. The van der Waals surface area contributed by atoms with Crippen LogP contribution in [-0.2, 0) is 6.54 Å². The van der Waals surface area contributed by atoms with Gasteiger partial charge in [0, 0.05) is 17.5 Å². The summed E-state index contributed by atoms with van der Waals surface area (Å²) in [5.74, 6) is -0.693. The molecule has 1 aromatic heterocycles. The van der Waals surface area contributed by atoms with E-state index in [1.54, 1.807) is 12.3 Å². The molecule has 0 aliphatic rings. The van der Waals surface area contributed by atoms with Crippen molar-refractivity contribution >= 4 is 5.91 Å². The number of rotatable bonds is 3. The summed E-state index contributed by atoms with van der Waals surface area (Å²) >= 11 is 0. The lowest BCUT2D eigenvalue weighted by atomic mass is 10.2. The van der Waals surface area contributed by atoms with Crippen molar-refractivity contribution in [3.63, 3.8) is 0 Å². The first-order chi connectivity index (χ1) is 7.75. The van der Waals surface area contributed by atoms with Crippen molar-refractivity contribution < 1.29 is 9.18 Å². The number of halogens is 1. The first-order valence-electron chi connectivity index (χ1n) is 4.92. The van der Waals surface area contributed by atoms with Crippen LogP contribution in [0.1, 0.15) is 16.1 Å². The Labute approximate surface area is 92.3 Å². The molecular weight excluding hydrogens is 207 g/mol. The minimum atomic E-state index is -0.410. The van der Waals surface area contributed by atoms with Crippen molar-refractivity contribution in [3.8, 4) is 0 Å². The van der Waals surface area contributed by atoms with Crippen LogP contribution in [0.3, 0.4) is 0 Å². The first kappa shape index (κ1) is 10.4. The third-order valence-electron chi connectivity index (χ3n) is 2.19. The van der Waals surface area contributed by atoms with Crippen LogP contribution in [0.4, 0.5) is 4.39 Å². The number of benzene rings is 1. The third kappa shape index (κ3) is 2.48. The molecule has 82 valence electrons. The molecule has 0 aliphatic carbocycles. The van der Waals surface area contributed by atoms with Crippen LogP contribution in [-0.4, -0.2) is 10.9 Å². The van der Waals surface area contributed by atoms with E-state index in [0.29, 0.717) is 12.1 Å². The molecule has 0 radical (unpaired) electrons. The minimum Gasteiger partial charge on any atom is -0.364 e. The van der Waals surface area contributed by atoms with Crippen LogP contribution in [0.2, 0.25) is 0 Å². The van der Waals surface area contributed by atoms with Crippen LogP contribution in [0.15, 0.2) is 42.6 Å². The highest BCUT2D eigenvalue weighted by Gasteiger charge is 2.05. The van der Waals surface area contributed by atoms with Gasteiger partial charge in [-0.25, -0.2) is 4.39 Å². The summed E-state index contributed by atoms with van der Waals surface area (Å²) in [6.07, 6.45) is 1.78. The summed E-state index contributed by atoms with van der Waals surface area (Å²) in [7, 11) is 0. The normalized spacial score (nSPS) is 10.1. The zero-order chi connectivity index (χ0) is 11.4. The van der Waals surface area contributed by atoms with Gasteiger partial charge in [-0.05, 0) is 30.3 Å². The molecule has 1 aromatic carbocycles. The molecule has 2 aromatic rings. The standard InChI is InChI=1S/C12H11FN2O/c13-10-4-1-3-9(7-10)12(16)15-8-11-5-2-6-14-11/h1-7,14H,8H2,(H,15,16). The smallest absolute Gasteiger partial charge is 0.251 e. The van der Waals surface area contributed by atoms with Gasteiger partial charge < -0.3 is 10.3 Å². The van der Waals surface area contributed by atoms with Crippen molar-refractivity contribution in [3.05, 3.63) is 59.7 Å². The topological polar surface area (TPSA) is 44.9 Å². The van der Waals surface area contributed by atoms with Gasteiger partial charge in [0.2, 0.25) is 0 Å². The average molecular weight is 218 g/mol. The predicted octanol–water partition coefficient (Wildman–Crippen LogP) is 2.08. The molecule has 2 rings (SSSR count). The Morgan fingerprint density at radius 2 is 2.19 bits per heavy atom. The van der Waals surface area contributed by atoms with E-state index in [4.69, 9.17) is 0 Å². The third-order valence-corrected chi connectivity index (χ3v) is 2.19. The Hall–Kier alpha value is -2.10. The number of amides is 1. The summed E-state index contributed by atoms with van der Waals surface area (Å²) in [4.78, 5) is 14.6. The van der Waals surface area contributed by atoms with E-state index in [-0.39, 0.29) is 5.91 Å². The molecule has 0 bridgehead atoms. The number of H-pyrrole nitrogens is 1. The van der Waals surface area contributed by atoms with Crippen LogP contribution in [0, 0.1) is 5.82 Å². The molecule has 0 fully saturated rings. The van der Waals surface area contributed by atoms with Crippen LogP contribution in [0.5, 0.6) is 0 Å². The fourth-order valence-electron chi connectivity index (χ4n) is 1.38. The van der Waals surface area contributed by atoms with Gasteiger partial charge in [-0.15, -0.1) is 0 Å². The molecule has 16 heavy (non-hydrogen) atoms. The van der Waals surface area contributed by atoms with Crippen molar-refractivity contribution in [2.75, 3.05) is 0 Å². The maximum atomic E-state index is 12.9. The molecule has 1 heterocycles.